The molecule has 0 aliphatic heterocycles. The summed E-state index contributed by atoms with van der Waals surface area (Å²) in [5.74, 6) is -0.475. The highest BCUT2D eigenvalue weighted by molar-refractivity contribution is 9.09. The Morgan fingerprint density at radius 2 is 2.19 bits per heavy atom. The molecule has 0 aliphatic carbocycles. The van der Waals surface area contributed by atoms with Gasteiger partial charge in [-0.15, -0.1) is 0 Å². The van der Waals surface area contributed by atoms with Crippen LogP contribution < -0.4 is 5.32 Å². The normalized spacial score (nSPS) is 9.62. The van der Waals surface area contributed by atoms with Crippen molar-refractivity contribution in [2.24, 2.45) is 0 Å². The number of rotatable bonds is 4. The molecule has 4 nitrogen and oxygen atoms in total. The van der Waals surface area contributed by atoms with Gasteiger partial charge in [0.05, 0.1) is 18.0 Å². The second kappa shape index (κ2) is 6.27. The van der Waals surface area contributed by atoms with E-state index in [-0.39, 0.29) is 17.2 Å². The molecular weight excluding hydrogens is 274 g/mol. The summed E-state index contributed by atoms with van der Waals surface area (Å²) in [7, 11) is 1.33. The largest absolute Gasteiger partial charge is 0.465 e. The van der Waals surface area contributed by atoms with Crippen LogP contribution in [-0.2, 0) is 16.1 Å². The molecule has 1 aromatic rings. The lowest BCUT2D eigenvalue weighted by molar-refractivity contribution is -0.118. The lowest BCUT2D eigenvalue weighted by Crippen LogP contribution is -2.23. The second-order valence-corrected chi connectivity index (χ2v) is 3.66. The minimum absolute atomic E-state index is 0.0940. The van der Waals surface area contributed by atoms with Gasteiger partial charge in [-0.3, -0.25) is 4.79 Å². The fourth-order valence-corrected chi connectivity index (χ4v) is 1.37. The van der Waals surface area contributed by atoms with Crippen LogP contribution in [0.15, 0.2) is 24.3 Å². The minimum Gasteiger partial charge on any atom is -0.465 e. The average molecular weight is 286 g/mol. The SMILES string of the molecule is COC(=O)c1cccc(CNC(=O)CBr)c1. The van der Waals surface area contributed by atoms with E-state index in [2.05, 4.69) is 26.0 Å². The number of methoxy groups -OCH3 is 1. The lowest BCUT2D eigenvalue weighted by Gasteiger charge is -2.05. The fourth-order valence-electron chi connectivity index (χ4n) is 1.17. The van der Waals surface area contributed by atoms with Crippen molar-refractivity contribution in [1.29, 1.82) is 0 Å². The summed E-state index contributed by atoms with van der Waals surface area (Å²) < 4.78 is 4.60. The van der Waals surface area contributed by atoms with Gasteiger partial charge in [-0.1, -0.05) is 28.1 Å². The Labute approximate surface area is 102 Å². The zero-order chi connectivity index (χ0) is 12.0. The van der Waals surface area contributed by atoms with Crippen LogP contribution in [0.5, 0.6) is 0 Å². The van der Waals surface area contributed by atoms with Crippen LogP contribution in [0.4, 0.5) is 0 Å². The number of amides is 1. The van der Waals surface area contributed by atoms with Crippen LogP contribution in [-0.4, -0.2) is 24.3 Å². The third-order valence-corrected chi connectivity index (χ3v) is 2.47. The summed E-state index contributed by atoms with van der Waals surface area (Å²) in [5.41, 5.74) is 1.34. The third kappa shape index (κ3) is 3.66. The van der Waals surface area contributed by atoms with E-state index in [0.29, 0.717) is 12.1 Å². The monoisotopic (exact) mass is 285 g/mol. The van der Waals surface area contributed by atoms with Gasteiger partial charge in [0.25, 0.3) is 0 Å². The van der Waals surface area contributed by atoms with Crippen LogP contribution >= 0.6 is 15.9 Å². The maximum atomic E-state index is 11.2. The van der Waals surface area contributed by atoms with E-state index in [0.717, 1.165) is 5.56 Å². The Balaban J connectivity index is 2.67. The maximum absolute atomic E-state index is 11.2. The number of ether oxygens (including phenoxy) is 1. The Morgan fingerprint density at radius 1 is 1.44 bits per heavy atom. The first kappa shape index (κ1) is 12.7. The summed E-state index contributed by atoms with van der Waals surface area (Å²) in [6.07, 6.45) is 0. The van der Waals surface area contributed by atoms with Gasteiger partial charge in [0.2, 0.25) is 5.91 Å². The van der Waals surface area contributed by atoms with Gasteiger partial charge in [-0.25, -0.2) is 4.79 Å². The predicted octanol–water partition coefficient (Wildman–Crippen LogP) is 1.48. The summed E-state index contributed by atoms with van der Waals surface area (Å²) in [5, 5.41) is 2.96. The molecule has 0 unspecified atom stereocenters. The number of nitrogens with one attached hydrogen (secondary N) is 1. The van der Waals surface area contributed by atoms with E-state index in [1.54, 1.807) is 18.2 Å². The van der Waals surface area contributed by atoms with E-state index >= 15 is 0 Å². The lowest BCUT2D eigenvalue weighted by atomic mass is 10.1. The standard InChI is InChI=1S/C11H12BrNO3/c1-16-11(15)9-4-2-3-8(5-9)7-13-10(14)6-12/h2-5H,6-7H2,1H3,(H,13,14). The maximum Gasteiger partial charge on any atom is 0.337 e. The molecule has 16 heavy (non-hydrogen) atoms. The number of hydrogen-bond donors (Lipinski definition) is 1. The number of carbonyl (C=O) groups is 2. The molecule has 0 saturated heterocycles. The smallest absolute Gasteiger partial charge is 0.337 e. The Kier molecular flexibility index (Phi) is 4.98. The van der Waals surface area contributed by atoms with E-state index in [1.165, 1.54) is 7.11 Å². The molecular formula is C11H12BrNO3. The molecule has 1 aromatic carbocycles. The quantitative estimate of drug-likeness (QED) is 0.674. The van der Waals surface area contributed by atoms with Crippen molar-refractivity contribution in [3.8, 4) is 0 Å². The molecule has 0 fully saturated rings. The molecule has 0 saturated carbocycles. The first-order valence-electron chi connectivity index (χ1n) is 4.67. The topological polar surface area (TPSA) is 55.4 Å². The van der Waals surface area contributed by atoms with Crippen LogP contribution in [0, 0.1) is 0 Å². The van der Waals surface area contributed by atoms with E-state index in [1.807, 2.05) is 6.07 Å². The van der Waals surface area contributed by atoms with Gasteiger partial charge < -0.3 is 10.1 Å². The number of halogens is 1. The van der Waals surface area contributed by atoms with Gasteiger partial charge in [-0.05, 0) is 17.7 Å². The molecule has 1 amide bonds. The summed E-state index contributed by atoms with van der Waals surface area (Å²) in [6, 6.07) is 6.95. The molecule has 0 aliphatic rings. The Morgan fingerprint density at radius 3 is 2.81 bits per heavy atom. The van der Waals surface area contributed by atoms with Crippen molar-refractivity contribution in [2.75, 3.05) is 12.4 Å². The fraction of sp³-hybridized carbons (Fsp3) is 0.273. The van der Waals surface area contributed by atoms with Crippen LogP contribution in [0.25, 0.3) is 0 Å². The number of carbonyl (C=O) groups excluding carboxylic acids is 2. The van der Waals surface area contributed by atoms with Crippen LogP contribution in [0.2, 0.25) is 0 Å². The van der Waals surface area contributed by atoms with E-state index in [9.17, 15) is 9.59 Å². The Bertz CT molecular complexity index is 393. The molecule has 5 heteroatoms. The molecule has 1 rings (SSSR count). The second-order valence-electron chi connectivity index (χ2n) is 3.10. The van der Waals surface area contributed by atoms with Crippen molar-refractivity contribution in [3.05, 3.63) is 35.4 Å². The van der Waals surface area contributed by atoms with Crippen LogP contribution in [0.3, 0.4) is 0 Å². The number of esters is 1. The molecule has 0 bridgehead atoms. The van der Waals surface area contributed by atoms with Gasteiger partial charge in [0.15, 0.2) is 0 Å². The third-order valence-electron chi connectivity index (χ3n) is 1.96. The number of hydrogen-bond acceptors (Lipinski definition) is 3. The van der Waals surface area contributed by atoms with Crippen molar-refractivity contribution < 1.29 is 14.3 Å². The highest BCUT2D eigenvalue weighted by Crippen LogP contribution is 2.06. The van der Waals surface area contributed by atoms with Gasteiger partial charge in [0, 0.05) is 6.54 Å². The average Bonchev–Trinajstić information content (AvgIpc) is 2.35. The van der Waals surface area contributed by atoms with Crippen molar-refractivity contribution in [2.45, 2.75) is 6.54 Å². The zero-order valence-electron chi connectivity index (χ0n) is 8.83. The van der Waals surface area contributed by atoms with Crippen LogP contribution in [0.1, 0.15) is 15.9 Å². The van der Waals surface area contributed by atoms with E-state index < -0.39 is 0 Å². The molecule has 0 atom stereocenters. The van der Waals surface area contributed by atoms with Crippen molar-refractivity contribution in [1.82, 2.24) is 5.32 Å². The number of benzene rings is 1. The molecule has 0 aromatic heterocycles. The summed E-state index contributed by atoms with van der Waals surface area (Å²) >= 11 is 3.05. The van der Waals surface area contributed by atoms with Gasteiger partial charge >= 0.3 is 5.97 Å². The minimum atomic E-state index is -0.381. The molecule has 0 radical (unpaired) electrons. The summed E-state index contributed by atoms with van der Waals surface area (Å²) in [4.78, 5) is 22.3. The van der Waals surface area contributed by atoms with Crippen molar-refractivity contribution in [3.63, 3.8) is 0 Å². The first-order valence-corrected chi connectivity index (χ1v) is 5.79. The Hall–Kier alpha value is -1.36. The molecule has 1 N–H and O–H groups in total. The van der Waals surface area contributed by atoms with Gasteiger partial charge in [-0.2, -0.15) is 0 Å². The van der Waals surface area contributed by atoms with Gasteiger partial charge in [0.1, 0.15) is 0 Å². The first-order chi connectivity index (χ1) is 7.67. The predicted molar refractivity (Wildman–Crippen MR) is 63.4 cm³/mol. The summed E-state index contributed by atoms with van der Waals surface area (Å²) in [6.45, 7) is 0.398. The molecule has 86 valence electrons. The van der Waals surface area contributed by atoms with Crippen molar-refractivity contribution >= 4 is 27.8 Å². The highest BCUT2D eigenvalue weighted by atomic mass is 79.9. The molecule has 0 heterocycles. The highest BCUT2D eigenvalue weighted by Gasteiger charge is 2.05. The number of alkyl halides is 1. The van der Waals surface area contributed by atoms with E-state index in [4.69, 9.17) is 0 Å². The zero-order valence-corrected chi connectivity index (χ0v) is 10.4. The molecule has 0 spiro atoms.